The van der Waals surface area contributed by atoms with Crippen LogP contribution in [0.25, 0.3) is 0 Å². The van der Waals surface area contributed by atoms with E-state index < -0.39 is 12.1 Å². The summed E-state index contributed by atoms with van der Waals surface area (Å²) in [6.45, 7) is 5.10. The molecule has 0 bridgehead atoms. The van der Waals surface area contributed by atoms with Crippen molar-refractivity contribution in [2.75, 3.05) is 24.6 Å². The molecular formula is C11H15N3O3. The number of hydrogen-bond donors (Lipinski definition) is 1. The van der Waals surface area contributed by atoms with Gasteiger partial charge in [0.25, 0.3) is 0 Å². The van der Waals surface area contributed by atoms with Crippen LogP contribution < -0.4 is 4.90 Å². The lowest BCUT2D eigenvalue weighted by molar-refractivity contribution is -0.150. The van der Waals surface area contributed by atoms with E-state index in [-0.39, 0.29) is 0 Å². The molecule has 2 rings (SSSR count). The molecule has 0 spiro atoms. The summed E-state index contributed by atoms with van der Waals surface area (Å²) >= 11 is 0. The summed E-state index contributed by atoms with van der Waals surface area (Å²) in [5.41, 5.74) is 0.880. The van der Waals surface area contributed by atoms with Crippen LogP contribution in [0.4, 0.5) is 5.82 Å². The minimum Gasteiger partial charge on any atom is -0.479 e. The molecule has 1 aromatic heterocycles. The molecule has 2 heterocycles. The first-order chi connectivity index (χ1) is 8.06. The fourth-order valence-corrected chi connectivity index (χ4v) is 1.87. The van der Waals surface area contributed by atoms with Gasteiger partial charge in [0.15, 0.2) is 6.10 Å². The number of aryl methyl sites for hydroxylation is 2. The minimum atomic E-state index is -0.933. The van der Waals surface area contributed by atoms with E-state index in [9.17, 15) is 4.79 Å². The third-order valence-electron chi connectivity index (χ3n) is 2.62. The fourth-order valence-electron chi connectivity index (χ4n) is 1.87. The van der Waals surface area contributed by atoms with Gasteiger partial charge in [-0.25, -0.2) is 14.8 Å². The van der Waals surface area contributed by atoms with E-state index >= 15 is 0 Å². The Morgan fingerprint density at radius 2 is 2.29 bits per heavy atom. The molecule has 1 N–H and O–H groups in total. The molecule has 1 fully saturated rings. The first-order valence-electron chi connectivity index (χ1n) is 5.48. The van der Waals surface area contributed by atoms with Crippen molar-refractivity contribution < 1.29 is 14.6 Å². The maximum absolute atomic E-state index is 10.9. The summed E-state index contributed by atoms with van der Waals surface area (Å²) in [5.74, 6) is 0.528. The smallest absolute Gasteiger partial charge is 0.334 e. The fraction of sp³-hybridized carbons (Fsp3) is 0.545. The van der Waals surface area contributed by atoms with Crippen molar-refractivity contribution in [2.24, 2.45) is 0 Å². The summed E-state index contributed by atoms with van der Waals surface area (Å²) < 4.78 is 5.17. The molecule has 0 amide bonds. The lowest BCUT2D eigenvalue weighted by Crippen LogP contribution is -2.46. The summed E-state index contributed by atoms with van der Waals surface area (Å²) in [5, 5.41) is 8.93. The van der Waals surface area contributed by atoms with Crippen molar-refractivity contribution in [1.82, 2.24) is 9.97 Å². The van der Waals surface area contributed by atoms with Crippen molar-refractivity contribution in [3.8, 4) is 0 Å². The van der Waals surface area contributed by atoms with Crippen LogP contribution in [0.2, 0.25) is 0 Å². The summed E-state index contributed by atoms with van der Waals surface area (Å²) in [4.78, 5) is 21.3. The summed E-state index contributed by atoms with van der Waals surface area (Å²) in [6, 6.07) is 1.86. The zero-order valence-corrected chi connectivity index (χ0v) is 9.88. The quantitative estimate of drug-likeness (QED) is 0.801. The van der Waals surface area contributed by atoms with Crippen LogP contribution in [0.15, 0.2) is 6.07 Å². The number of rotatable bonds is 2. The highest BCUT2D eigenvalue weighted by Gasteiger charge is 2.27. The average Bonchev–Trinajstić information content (AvgIpc) is 2.28. The lowest BCUT2D eigenvalue weighted by Gasteiger charge is -2.31. The van der Waals surface area contributed by atoms with E-state index in [4.69, 9.17) is 9.84 Å². The van der Waals surface area contributed by atoms with Gasteiger partial charge in [0.2, 0.25) is 0 Å². The standard InChI is InChI=1S/C11H15N3O3/c1-7-5-10(13-8(2)12-7)14-3-4-17-9(6-14)11(15)16/h5,9H,3-4,6H2,1-2H3,(H,15,16). The second kappa shape index (κ2) is 4.67. The Hall–Kier alpha value is -1.69. The van der Waals surface area contributed by atoms with E-state index in [1.807, 2.05) is 24.8 Å². The summed E-state index contributed by atoms with van der Waals surface area (Å²) in [6.07, 6.45) is -0.778. The first kappa shape index (κ1) is 11.8. The Labute approximate surface area is 99.2 Å². The summed E-state index contributed by atoms with van der Waals surface area (Å²) in [7, 11) is 0. The Morgan fingerprint density at radius 1 is 1.53 bits per heavy atom. The highest BCUT2D eigenvalue weighted by Crippen LogP contribution is 2.16. The third-order valence-corrected chi connectivity index (χ3v) is 2.62. The van der Waals surface area contributed by atoms with Crippen LogP contribution in [0.5, 0.6) is 0 Å². The number of carboxylic acid groups (broad SMARTS) is 1. The van der Waals surface area contributed by atoms with E-state index in [2.05, 4.69) is 9.97 Å². The minimum absolute atomic E-state index is 0.325. The molecule has 92 valence electrons. The molecule has 1 aliphatic heterocycles. The van der Waals surface area contributed by atoms with Crippen molar-refractivity contribution in [1.29, 1.82) is 0 Å². The molecular weight excluding hydrogens is 222 g/mol. The van der Waals surface area contributed by atoms with Crippen molar-refractivity contribution in [3.05, 3.63) is 17.6 Å². The van der Waals surface area contributed by atoms with E-state index in [1.54, 1.807) is 0 Å². The molecule has 1 atom stereocenters. The van der Waals surface area contributed by atoms with Crippen LogP contribution in [-0.2, 0) is 9.53 Å². The second-order valence-electron chi connectivity index (χ2n) is 4.06. The van der Waals surface area contributed by atoms with E-state index in [1.165, 1.54) is 0 Å². The van der Waals surface area contributed by atoms with Crippen LogP contribution in [0.1, 0.15) is 11.5 Å². The van der Waals surface area contributed by atoms with E-state index in [0.717, 1.165) is 11.5 Å². The topological polar surface area (TPSA) is 75.5 Å². The Bertz CT molecular complexity index is 416. The Morgan fingerprint density at radius 3 is 2.94 bits per heavy atom. The highest BCUT2D eigenvalue weighted by molar-refractivity contribution is 5.73. The number of carbonyl (C=O) groups is 1. The van der Waals surface area contributed by atoms with Crippen LogP contribution in [-0.4, -0.2) is 46.8 Å². The molecule has 6 nitrogen and oxygen atoms in total. The number of aliphatic carboxylic acids is 1. The number of morpholine rings is 1. The third kappa shape index (κ3) is 2.71. The van der Waals surface area contributed by atoms with Gasteiger partial charge < -0.3 is 14.7 Å². The normalized spacial score (nSPS) is 20.4. The van der Waals surface area contributed by atoms with Gasteiger partial charge >= 0.3 is 5.97 Å². The second-order valence-corrected chi connectivity index (χ2v) is 4.06. The molecule has 0 aliphatic carbocycles. The molecule has 1 unspecified atom stereocenters. The predicted octanol–water partition coefficient (Wildman–Crippen LogP) is 0.383. The van der Waals surface area contributed by atoms with Crippen molar-refractivity contribution >= 4 is 11.8 Å². The first-order valence-corrected chi connectivity index (χ1v) is 5.48. The van der Waals surface area contributed by atoms with Crippen molar-refractivity contribution in [3.63, 3.8) is 0 Å². The van der Waals surface area contributed by atoms with Gasteiger partial charge in [-0.05, 0) is 13.8 Å². The Balaban J connectivity index is 2.18. The number of ether oxygens (including phenoxy) is 1. The number of nitrogens with zero attached hydrogens (tertiary/aromatic N) is 3. The monoisotopic (exact) mass is 237 g/mol. The van der Waals surface area contributed by atoms with Crippen LogP contribution in [0.3, 0.4) is 0 Å². The van der Waals surface area contributed by atoms with Gasteiger partial charge in [-0.2, -0.15) is 0 Å². The number of aromatic nitrogens is 2. The van der Waals surface area contributed by atoms with E-state index in [0.29, 0.717) is 25.5 Å². The van der Waals surface area contributed by atoms with Crippen molar-refractivity contribution in [2.45, 2.75) is 20.0 Å². The largest absolute Gasteiger partial charge is 0.479 e. The maximum atomic E-state index is 10.9. The molecule has 0 aromatic carbocycles. The highest BCUT2D eigenvalue weighted by atomic mass is 16.5. The van der Waals surface area contributed by atoms with Gasteiger partial charge in [-0.3, -0.25) is 0 Å². The molecule has 17 heavy (non-hydrogen) atoms. The van der Waals surface area contributed by atoms with Crippen LogP contribution >= 0.6 is 0 Å². The zero-order chi connectivity index (χ0) is 12.4. The molecule has 1 aromatic rings. The molecule has 1 saturated heterocycles. The Kier molecular flexibility index (Phi) is 3.23. The number of anilines is 1. The lowest BCUT2D eigenvalue weighted by atomic mass is 10.2. The molecule has 6 heteroatoms. The van der Waals surface area contributed by atoms with Gasteiger partial charge in [0.1, 0.15) is 11.6 Å². The molecule has 0 radical (unpaired) electrons. The maximum Gasteiger partial charge on any atom is 0.334 e. The zero-order valence-electron chi connectivity index (χ0n) is 9.88. The van der Waals surface area contributed by atoms with Gasteiger partial charge in [-0.1, -0.05) is 0 Å². The van der Waals surface area contributed by atoms with Gasteiger partial charge in [0.05, 0.1) is 13.2 Å². The molecule has 1 aliphatic rings. The predicted molar refractivity (Wildman–Crippen MR) is 61.1 cm³/mol. The average molecular weight is 237 g/mol. The van der Waals surface area contributed by atoms with Gasteiger partial charge in [0, 0.05) is 18.3 Å². The number of carboxylic acids is 1. The van der Waals surface area contributed by atoms with Gasteiger partial charge in [-0.15, -0.1) is 0 Å². The van der Waals surface area contributed by atoms with Crippen LogP contribution in [0, 0.1) is 13.8 Å². The SMILES string of the molecule is Cc1cc(N2CCOC(C(=O)O)C2)nc(C)n1. The molecule has 0 saturated carbocycles. The number of hydrogen-bond acceptors (Lipinski definition) is 5.